The Morgan fingerprint density at radius 1 is 0.750 bits per heavy atom. The number of carbonyl (C=O) groups excluding carboxylic acids is 2. The number of carbonyl (C=O) groups is 2. The van der Waals surface area contributed by atoms with Gasteiger partial charge in [-0.25, -0.2) is 0 Å². The standard InChI is InChI=1S/C25H34N2O5/c1-24(2,3)17-12-13-19(18(14-17)25(4,5)6)31-15-22(28)26-27-23(29)16-32-21-11-9-8-10-20(21)30-7/h8-14H,15-16H2,1-7H3,(H,26,28)(H,27,29). The summed E-state index contributed by atoms with van der Waals surface area (Å²) in [5, 5.41) is 0. The van der Waals surface area contributed by atoms with E-state index in [1.165, 1.54) is 12.7 Å². The van der Waals surface area contributed by atoms with Gasteiger partial charge in [0.25, 0.3) is 11.8 Å². The highest BCUT2D eigenvalue weighted by atomic mass is 16.5. The molecule has 2 amide bonds. The van der Waals surface area contributed by atoms with Crippen LogP contribution in [0.25, 0.3) is 0 Å². The fourth-order valence-electron chi connectivity index (χ4n) is 2.94. The van der Waals surface area contributed by atoms with E-state index in [2.05, 4.69) is 58.5 Å². The van der Waals surface area contributed by atoms with Gasteiger partial charge in [-0.05, 0) is 40.2 Å². The molecule has 0 spiro atoms. The largest absolute Gasteiger partial charge is 0.493 e. The number of ether oxygens (including phenoxy) is 3. The lowest BCUT2D eigenvalue weighted by molar-refractivity contribution is -0.131. The van der Waals surface area contributed by atoms with Crippen LogP contribution in [0.5, 0.6) is 17.2 Å². The Morgan fingerprint density at radius 2 is 1.28 bits per heavy atom. The van der Waals surface area contributed by atoms with E-state index in [0.717, 1.165) is 5.56 Å². The maximum absolute atomic E-state index is 12.2. The number of amides is 2. The molecule has 0 aliphatic carbocycles. The zero-order valence-electron chi connectivity index (χ0n) is 20.0. The average molecular weight is 443 g/mol. The van der Waals surface area contributed by atoms with Gasteiger partial charge in [0, 0.05) is 0 Å². The third-order valence-electron chi connectivity index (χ3n) is 4.78. The summed E-state index contributed by atoms with van der Waals surface area (Å²) in [6.45, 7) is 12.3. The van der Waals surface area contributed by atoms with Gasteiger partial charge < -0.3 is 14.2 Å². The van der Waals surface area contributed by atoms with Crippen molar-refractivity contribution in [2.45, 2.75) is 52.4 Å². The predicted molar refractivity (Wildman–Crippen MR) is 124 cm³/mol. The van der Waals surface area contributed by atoms with Crippen molar-refractivity contribution >= 4 is 11.8 Å². The van der Waals surface area contributed by atoms with E-state index < -0.39 is 11.8 Å². The lowest BCUT2D eigenvalue weighted by Gasteiger charge is -2.27. The second-order valence-electron chi connectivity index (χ2n) is 9.54. The molecule has 0 aliphatic rings. The number of hydrogen-bond donors (Lipinski definition) is 2. The van der Waals surface area contributed by atoms with Crippen molar-refractivity contribution in [3.63, 3.8) is 0 Å². The molecule has 0 aromatic heterocycles. The van der Waals surface area contributed by atoms with Crippen LogP contribution in [-0.2, 0) is 20.4 Å². The van der Waals surface area contributed by atoms with Crippen LogP contribution >= 0.6 is 0 Å². The van der Waals surface area contributed by atoms with Crippen molar-refractivity contribution in [2.75, 3.05) is 20.3 Å². The normalized spacial score (nSPS) is 11.5. The summed E-state index contributed by atoms with van der Waals surface area (Å²) < 4.78 is 16.4. The summed E-state index contributed by atoms with van der Waals surface area (Å²) in [5.74, 6) is 0.620. The molecule has 0 radical (unpaired) electrons. The molecule has 2 rings (SSSR count). The van der Waals surface area contributed by atoms with Gasteiger partial charge in [0.1, 0.15) is 5.75 Å². The number of benzene rings is 2. The smallest absolute Gasteiger partial charge is 0.276 e. The second kappa shape index (κ2) is 10.4. The molecule has 0 fully saturated rings. The van der Waals surface area contributed by atoms with Crippen LogP contribution in [0.2, 0.25) is 0 Å². The van der Waals surface area contributed by atoms with E-state index >= 15 is 0 Å². The second-order valence-corrected chi connectivity index (χ2v) is 9.54. The summed E-state index contributed by atoms with van der Waals surface area (Å²) in [5.41, 5.74) is 6.72. The number of nitrogens with one attached hydrogen (secondary N) is 2. The van der Waals surface area contributed by atoms with E-state index in [9.17, 15) is 9.59 Å². The minimum Gasteiger partial charge on any atom is -0.493 e. The van der Waals surface area contributed by atoms with Crippen LogP contribution in [-0.4, -0.2) is 32.1 Å². The first-order valence-corrected chi connectivity index (χ1v) is 10.5. The zero-order valence-corrected chi connectivity index (χ0v) is 20.0. The van der Waals surface area contributed by atoms with Crippen molar-refractivity contribution < 1.29 is 23.8 Å². The molecule has 0 unspecified atom stereocenters. The average Bonchev–Trinajstić information content (AvgIpc) is 2.73. The van der Waals surface area contributed by atoms with Gasteiger partial charge in [-0.3, -0.25) is 20.4 Å². The molecule has 174 valence electrons. The van der Waals surface area contributed by atoms with Gasteiger partial charge in [-0.2, -0.15) is 0 Å². The van der Waals surface area contributed by atoms with Crippen molar-refractivity contribution in [3.05, 3.63) is 53.6 Å². The van der Waals surface area contributed by atoms with E-state index in [-0.39, 0.29) is 24.0 Å². The molecule has 7 nitrogen and oxygen atoms in total. The Bertz CT molecular complexity index is 942. The van der Waals surface area contributed by atoms with Crippen LogP contribution in [0.1, 0.15) is 52.7 Å². The third-order valence-corrected chi connectivity index (χ3v) is 4.78. The van der Waals surface area contributed by atoms with Gasteiger partial charge >= 0.3 is 0 Å². The summed E-state index contributed by atoms with van der Waals surface area (Å²) in [6, 6.07) is 13.0. The molecule has 0 aliphatic heterocycles. The fraction of sp³-hybridized carbons (Fsp3) is 0.440. The highest BCUT2D eigenvalue weighted by Gasteiger charge is 2.23. The first-order chi connectivity index (χ1) is 14.9. The molecule has 2 aromatic rings. The highest BCUT2D eigenvalue weighted by Crippen LogP contribution is 2.35. The molecule has 2 N–H and O–H groups in total. The quantitative estimate of drug-likeness (QED) is 0.636. The van der Waals surface area contributed by atoms with E-state index in [1.54, 1.807) is 24.3 Å². The number of rotatable bonds is 7. The SMILES string of the molecule is COc1ccccc1OCC(=O)NNC(=O)COc1ccc(C(C)(C)C)cc1C(C)(C)C. The molecular formula is C25H34N2O5. The Balaban J connectivity index is 1.89. The van der Waals surface area contributed by atoms with E-state index in [4.69, 9.17) is 14.2 Å². The number of methoxy groups -OCH3 is 1. The topological polar surface area (TPSA) is 85.9 Å². The number of hydrazine groups is 1. The Kier molecular flexibility index (Phi) is 8.14. The molecule has 7 heteroatoms. The molecule has 0 atom stereocenters. The van der Waals surface area contributed by atoms with Crippen LogP contribution in [0.4, 0.5) is 0 Å². The lowest BCUT2D eigenvalue weighted by atomic mass is 9.80. The summed E-state index contributed by atoms with van der Waals surface area (Å²) in [6.07, 6.45) is 0. The summed E-state index contributed by atoms with van der Waals surface area (Å²) in [4.78, 5) is 24.2. The maximum atomic E-state index is 12.2. The first kappa shape index (κ1) is 25.0. The number of hydrogen-bond acceptors (Lipinski definition) is 5. The monoisotopic (exact) mass is 442 g/mol. The summed E-state index contributed by atoms with van der Waals surface area (Å²) >= 11 is 0. The molecule has 0 saturated carbocycles. The van der Waals surface area contributed by atoms with Crippen LogP contribution in [0.3, 0.4) is 0 Å². The van der Waals surface area contributed by atoms with E-state index in [0.29, 0.717) is 17.2 Å². The van der Waals surface area contributed by atoms with Crippen molar-refractivity contribution in [1.82, 2.24) is 10.9 Å². The van der Waals surface area contributed by atoms with Crippen LogP contribution in [0, 0.1) is 0 Å². The highest BCUT2D eigenvalue weighted by molar-refractivity contribution is 5.83. The lowest BCUT2D eigenvalue weighted by Crippen LogP contribution is -2.45. The number of para-hydroxylation sites is 2. The molecule has 0 bridgehead atoms. The Morgan fingerprint density at radius 3 is 1.78 bits per heavy atom. The van der Waals surface area contributed by atoms with Crippen molar-refractivity contribution in [3.8, 4) is 17.2 Å². The minimum atomic E-state index is -0.505. The maximum Gasteiger partial charge on any atom is 0.276 e. The van der Waals surface area contributed by atoms with Crippen molar-refractivity contribution in [1.29, 1.82) is 0 Å². The predicted octanol–water partition coefficient (Wildman–Crippen LogP) is 3.90. The van der Waals surface area contributed by atoms with Crippen molar-refractivity contribution in [2.24, 2.45) is 0 Å². The summed E-state index contributed by atoms with van der Waals surface area (Å²) in [7, 11) is 1.52. The van der Waals surface area contributed by atoms with Gasteiger partial charge in [0.2, 0.25) is 0 Å². The third kappa shape index (κ3) is 7.18. The van der Waals surface area contributed by atoms with Gasteiger partial charge in [0.15, 0.2) is 24.7 Å². The van der Waals surface area contributed by atoms with Gasteiger partial charge in [0.05, 0.1) is 7.11 Å². The van der Waals surface area contributed by atoms with Gasteiger partial charge in [-0.15, -0.1) is 0 Å². The van der Waals surface area contributed by atoms with Gasteiger partial charge in [-0.1, -0.05) is 65.8 Å². The molecule has 2 aromatic carbocycles. The van der Waals surface area contributed by atoms with Crippen LogP contribution < -0.4 is 25.1 Å². The van der Waals surface area contributed by atoms with E-state index in [1.807, 2.05) is 12.1 Å². The first-order valence-electron chi connectivity index (χ1n) is 10.5. The molecule has 32 heavy (non-hydrogen) atoms. The Labute approximate surface area is 190 Å². The zero-order chi connectivity index (χ0) is 23.9. The molecule has 0 heterocycles. The molecule has 0 saturated heterocycles. The van der Waals surface area contributed by atoms with Crippen LogP contribution in [0.15, 0.2) is 42.5 Å². The fourth-order valence-corrected chi connectivity index (χ4v) is 2.94. The Hall–Kier alpha value is -3.22. The molecular weight excluding hydrogens is 408 g/mol. The minimum absolute atomic E-state index is 0.00598.